The summed E-state index contributed by atoms with van der Waals surface area (Å²) in [5, 5.41) is 9.11. The van der Waals surface area contributed by atoms with Gasteiger partial charge in [0.15, 0.2) is 12.7 Å². The number of carbonyl (C=O) groups excluding carboxylic acids is 3. The highest BCUT2D eigenvalue weighted by Gasteiger charge is 2.32. The van der Waals surface area contributed by atoms with Gasteiger partial charge in [-0.05, 0) is 20.8 Å². The third kappa shape index (κ3) is 7.88. The van der Waals surface area contributed by atoms with Crippen molar-refractivity contribution in [1.29, 1.82) is 0 Å². The molecule has 0 spiro atoms. The van der Waals surface area contributed by atoms with Gasteiger partial charge in [-0.2, -0.15) is 4.37 Å². The van der Waals surface area contributed by atoms with Gasteiger partial charge in [-0.3, -0.25) is 9.59 Å². The first-order valence-corrected chi connectivity index (χ1v) is 10.9. The molecule has 2 heterocycles. The van der Waals surface area contributed by atoms with Crippen molar-refractivity contribution in [3.8, 4) is 5.88 Å². The van der Waals surface area contributed by atoms with Crippen molar-refractivity contribution in [2.75, 3.05) is 57.6 Å². The van der Waals surface area contributed by atoms with E-state index in [1.807, 2.05) is 4.90 Å². The number of carbonyl (C=O) groups is 3. The molecule has 32 heavy (non-hydrogen) atoms. The van der Waals surface area contributed by atoms with Gasteiger partial charge in [-0.15, -0.1) is 4.37 Å². The second-order valence-corrected chi connectivity index (χ2v) is 8.56. The minimum atomic E-state index is -0.908. The maximum atomic E-state index is 12.7. The highest BCUT2D eigenvalue weighted by molar-refractivity contribution is 6.99. The molecule has 1 N–H and O–H groups in total. The summed E-state index contributed by atoms with van der Waals surface area (Å²) in [7, 11) is 0. The minimum absolute atomic E-state index is 0.0419. The van der Waals surface area contributed by atoms with E-state index in [1.165, 1.54) is 11.8 Å². The summed E-state index contributed by atoms with van der Waals surface area (Å²) in [5.74, 6) is -1.03. The molecule has 12 nitrogen and oxygen atoms in total. The van der Waals surface area contributed by atoms with Gasteiger partial charge in [0.2, 0.25) is 5.82 Å². The molecule has 1 atom stereocenters. The number of aliphatic hydroxyl groups excluding tert-OH is 1. The first-order valence-electron chi connectivity index (χ1n) is 10.1. The van der Waals surface area contributed by atoms with Gasteiger partial charge in [-0.1, -0.05) is 0 Å². The number of amides is 1. The molecular formula is C19H30N4O8S. The highest BCUT2D eigenvalue weighted by Crippen LogP contribution is 2.26. The molecule has 1 aromatic heterocycles. The fraction of sp³-hybridized carbons (Fsp3) is 0.737. The molecule has 0 aliphatic carbocycles. The molecule has 0 aromatic carbocycles. The predicted octanol–water partition coefficient (Wildman–Crippen LogP) is -0.152. The van der Waals surface area contributed by atoms with Crippen molar-refractivity contribution in [2.24, 2.45) is 0 Å². The lowest BCUT2D eigenvalue weighted by molar-refractivity contribution is -0.161. The Labute approximate surface area is 190 Å². The Morgan fingerprint density at radius 1 is 1.25 bits per heavy atom. The Kier molecular flexibility index (Phi) is 9.60. The Bertz CT molecular complexity index is 776. The van der Waals surface area contributed by atoms with Crippen LogP contribution in [0.2, 0.25) is 0 Å². The zero-order valence-corrected chi connectivity index (χ0v) is 19.6. The van der Waals surface area contributed by atoms with Crippen LogP contribution in [0.5, 0.6) is 5.88 Å². The van der Waals surface area contributed by atoms with Gasteiger partial charge in [-0.25, -0.2) is 4.79 Å². The molecule has 1 fully saturated rings. The van der Waals surface area contributed by atoms with Crippen LogP contribution in [0.25, 0.3) is 0 Å². The van der Waals surface area contributed by atoms with Crippen molar-refractivity contribution in [2.45, 2.75) is 39.3 Å². The number of aromatic nitrogens is 2. The van der Waals surface area contributed by atoms with E-state index in [9.17, 15) is 14.4 Å². The van der Waals surface area contributed by atoms with Crippen molar-refractivity contribution in [1.82, 2.24) is 13.6 Å². The first-order chi connectivity index (χ1) is 15.1. The van der Waals surface area contributed by atoms with Crippen LogP contribution in [0.15, 0.2) is 0 Å². The van der Waals surface area contributed by atoms with Crippen LogP contribution in [0.1, 0.15) is 27.7 Å². The predicted molar refractivity (Wildman–Crippen MR) is 114 cm³/mol. The lowest BCUT2D eigenvalue weighted by Crippen LogP contribution is -2.52. The topological polar surface area (TPSA) is 141 Å². The van der Waals surface area contributed by atoms with Gasteiger partial charge in [0.05, 0.1) is 31.5 Å². The highest BCUT2D eigenvalue weighted by atomic mass is 32.1. The summed E-state index contributed by atoms with van der Waals surface area (Å²) in [4.78, 5) is 38.9. The lowest BCUT2D eigenvalue weighted by Gasteiger charge is -2.37. The lowest BCUT2D eigenvalue weighted by atomic mass is 10.1. The van der Waals surface area contributed by atoms with Crippen LogP contribution in [-0.2, 0) is 28.6 Å². The van der Waals surface area contributed by atoms with Crippen LogP contribution in [-0.4, -0.2) is 101 Å². The number of nitrogens with zero attached hydrogens (tertiary/aromatic N) is 4. The molecule has 1 saturated heterocycles. The number of rotatable bonds is 10. The number of anilines is 1. The van der Waals surface area contributed by atoms with E-state index in [4.69, 9.17) is 24.1 Å². The Balaban J connectivity index is 2.11. The van der Waals surface area contributed by atoms with E-state index < -0.39 is 42.7 Å². The number of hydrogen-bond acceptors (Lipinski definition) is 12. The second kappa shape index (κ2) is 11.9. The van der Waals surface area contributed by atoms with Crippen molar-refractivity contribution < 1.29 is 38.4 Å². The summed E-state index contributed by atoms with van der Waals surface area (Å²) in [6.07, 6.45) is -0.908. The maximum absolute atomic E-state index is 12.7. The van der Waals surface area contributed by atoms with Crippen LogP contribution in [0.3, 0.4) is 0 Å². The van der Waals surface area contributed by atoms with E-state index in [1.54, 1.807) is 20.8 Å². The van der Waals surface area contributed by atoms with Crippen LogP contribution in [0.4, 0.5) is 5.82 Å². The molecule has 1 aliphatic heterocycles. The summed E-state index contributed by atoms with van der Waals surface area (Å²) in [5.41, 5.74) is -0.664. The number of aliphatic hydroxyl groups is 1. The van der Waals surface area contributed by atoms with Crippen LogP contribution >= 0.6 is 11.7 Å². The molecule has 2 rings (SSSR count). The van der Waals surface area contributed by atoms with Crippen LogP contribution < -0.4 is 9.64 Å². The average Bonchev–Trinajstić information content (AvgIpc) is 3.22. The number of morpholine rings is 1. The van der Waals surface area contributed by atoms with Crippen molar-refractivity contribution in [3.63, 3.8) is 0 Å². The fourth-order valence-electron chi connectivity index (χ4n) is 2.95. The van der Waals surface area contributed by atoms with Crippen molar-refractivity contribution >= 4 is 35.4 Å². The normalized spacial score (nSPS) is 15.1. The zero-order valence-electron chi connectivity index (χ0n) is 18.7. The number of hydrogen-bond donors (Lipinski definition) is 1. The summed E-state index contributed by atoms with van der Waals surface area (Å²) in [6, 6.07) is 0. The standard InChI is InChI=1S/C19H30N4O8S/c1-13(25)29-12-15(26)23(19(2,3)4)9-14(31-16(27)10-24)11-30-18-17(20-32-21-18)22-5-7-28-8-6-22/h14,24H,5-12H2,1-4H3/t14-/m0/s1. The Morgan fingerprint density at radius 2 is 1.94 bits per heavy atom. The SMILES string of the molecule is CC(=O)OCC(=O)N(C[C@@H](COc1nsnc1N1CCOCC1)OC(=O)CO)C(C)(C)C. The minimum Gasteiger partial charge on any atom is -0.470 e. The molecule has 180 valence electrons. The van der Waals surface area contributed by atoms with Gasteiger partial charge >= 0.3 is 11.9 Å². The second-order valence-electron chi connectivity index (χ2n) is 8.03. The monoisotopic (exact) mass is 474 g/mol. The number of ether oxygens (including phenoxy) is 4. The fourth-order valence-corrected chi connectivity index (χ4v) is 3.47. The van der Waals surface area contributed by atoms with Crippen LogP contribution in [0, 0.1) is 0 Å². The van der Waals surface area contributed by atoms with E-state index in [0.29, 0.717) is 32.1 Å². The molecule has 0 saturated carbocycles. The smallest absolute Gasteiger partial charge is 0.332 e. The summed E-state index contributed by atoms with van der Waals surface area (Å²) >= 11 is 0.994. The Morgan fingerprint density at radius 3 is 2.53 bits per heavy atom. The average molecular weight is 475 g/mol. The number of esters is 2. The van der Waals surface area contributed by atoms with Gasteiger partial charge in [0.25, 0.3) is 11.8 Å². The van der Waals surface area contributed by atoms with E-state index in [2.05, 4.69) is 8.75 Å². The third-order valence-corrected chi connectivity index (χ3v) is 4.98. The van der Waals surface area contributed by atoms with Gasteiger partial charge in [0.1, 0.15) is 13.2 Å². The molecule has 1 aromatic rings. The molecule has 13 heteroatoms. The first kappa shape index (κ1) is 25.7. The molecule has 0 radical (unpaired) electrons. The summed E-state index contributed by atoms with van der Waals surface area (Å²) < 4.78 is 29.7. The van der Waals surface area contributed by atoms with E-state index in [-0.39, 0.29) is 19.0 Å². The third-order valence-electron chi connectivity index (χ3n) is 4.48. The molecule has 0 bridgehead atoms. The molecule has 1 aliphatic rings. The largest absolute Gasteiger partial charge is 0.470 e. The summed E-state index contributed by atoms with van der Waals surface area (Å²) in [6.45, 7) is 7.61. The zero-order chi connectivity index (χ0) is 23.7. The van der Waals surface area contributed by atoms with Gasteiger partial charge in [0, 0.05) is 25.6 Å². The van der Waals surface area contributed by atoms with Gasteiger partial charge < -0.3 is 33.9 Å². The maximum Gasteiger partial charge on any atom is 0.332 e. The molecule has 1 amide bonds. The molecule has 0 unspecified atom stereocenters. The quantitative estimate of drug-likeness (QED) is 0.453. The van der Waals surface area contributed by atoms with E-state index >= 15 is 0 Å². The van der Waals surface area contributed by atoms with E-state index in [0.717, 1.165) is 11.7 Å². The Hall–Kier alpha value is -2.51. The molecular weight excluding hydrogens is 444 g/mol. The van der Waals surface area contributed by atoms with Crippen molar-refractivity contribution in [3.05, 3.63) is 0 Å².